The van der Waals surface area contributed by atoms with Gasteiger partial charge in [-0.2, -0.15) is 0 Å². The van der Waals surface area contributed by atoms with Crippen LogP contribution in [0.15, 0.2) is 17.2 Å². The Morgan fingerprint density at radius 2 is 2.12 bits per heavy atom. The van der Waals surface area contributed by atoms with Gasteiger partial charge in [-0.05, 0) is 12.5 Å². The largest absolute Gasteiger partial charge is 0.349 e. The molecule has 0 spiro atoms. The number of nitrogens with zero attached hydrogens (tertiary/aromatic N) is 1. The highest BCUT2D eigenvalue weighted by Gasteiger charge is 2.13. The predicted octanol–water partition coefficient (Wildman–Crippen LogP) is 1.04. The fourth-order valence-corrected chi connectivity index (χ4v) is 2.16. The van der Waals surface area contributed by atoms with Gasteiger partial charge in [0.05, 0.1) is 4.90 Å². The summed E-state index contributed by atoms with van der Waals surface area (Å²) in [6.07, 6.45) is 2.56. The SMILES string of the molecule is CCCn1cc(S(N)(=O)=O)cc1CNC(C)C. The average molecular weight is 259 g/mol. The summed E-state index contributed by atoms with van der Waals surface area (Å²) in [5.41, 5.74) is 0.949. The molecule has 6 heteroatoms. The minimum atomic E-state index is -3.61. The first-order valence-electron chi connectivity index (χ1n) is 5.79. The summed E-state index contributed by atoms with van der Waals surface area (Å²) in [4.78, 5) is 0.187. The second-order valence-electron chi connectivity index (χ2n) is 4.44. The molecule has 1 heterocycles. The van der Waals surface area contributed by atoms with Gasteiger partial charge in [-0.15, -0.1) is 0 Å². The van der Waals surface area contributed by atoms with Gasteiger partial charge in [0, 0.05) is 31.0 Å². The van der Waals surface area contributed by atoms with E-state index in [1.807, 2.05) is 18.4 Å². The maximum Gasteiger partial charge on any atom is 0.239 e. The number of hydrogen-bond donors (Lipinski definition) is 2. The number of aryl methyl sites for hydroxylation is 1. The van der Waals surface area contributed by atoms with Gasteiger partial charge in [0.2, 0.25) is 10.0 Å². The first-order valence-corrected chi connectivity index (χ1v) is 7.34. The van der Waals surface area contributed by atoms with Crippen molar-refractivity contribution >= 4 is 10.0 Å². The number of rotatable bonds is 6. The Morgan fingerprint density at radius 1 is 1.47 bits per heavy atom. The van der Waals surface area contributed by atoms with Gasteiger partial charge >= 0.3 is 0 Å². The van der Waals surface area contributed by atoms with E-state index in [1.54, 1.807) is 12.3 Å². The number of hydrogen-bond acceptors (Lipinski definition) is 3. The molecule has 0 bridgehead atoms. The van der Waals surface area contributed by atoms with Crippen LogP contribution in [0.4, 0.5) is 0 Å². The van der Waals surface area contributed by atoms with Crippen LogP contribution in [-0.2, 0) is 23.1 Å². The highest BCUT2D eigenvalue weighted by atomic mass is 32.2. The van der Waals surface area contributed by atoms with Crippen LogP contribution in [0.1, 0.15) is 32.9 Å². The van der Waals surface area contributed by atoms with Crippen molar-refractivity contribution in [3.05, 3.63) is 18.0 Å². The van der Waals surface area contributed by atoms with E-state index < -0.39 is 10.0 Å². The second-order valence-corrected chi connectivity index (χ2v) is 6.00. The van der Waals surface area contributed by atoms with Crippen molar-refractivity contribution in [3.63, 3.8) is 0 Å². The highest BCUT2D eigenvalue weighted by molar-refractivity contribution is 7.89. The third-order valence-electron chi connectivity index (χ3n) is 2.45. The van der Waals surface area contributed by atoms with Gasteiger partial charge in [-0.1, -0.05) is 20.8 Å². The topological polar surface area (TPSA) is 77.1 Å². The van der Waals surface area contributed by atoms with Gasteiger partial charge in [0.25, 0.3) is 0 Å². The van der Waals surface area contributed by atoms with Crippen molar-refractivity contribution in [3.8, 4) is 0 Å². The van der Waals surface area contributed by atoms with Crippen LogP contribution in [0.5, 0.6) is 0 Å². The lowest BCUT2D eigenvalue weighted by Crippen LogP contribution is -2.23. The average Bonchev–Trinajstić information content (AvgIpc) is 2.58. The minimum Gasteiger partial charge on any atom is -0.349 e. The Labute approximate surface area is 103 Å². The molecule has 1 rings (SSSR count). The Balaban J connectivity index is 2.97. The lowest BCUT2D eigenvalue weighted by atomic mass is 10.3. The monoisotopic (exact) mass is 259 g/mol. The van der Waals surface area contributed by atoms with Crippen LogP contribution in [0.2, 0.25) is 0 Å². The zero-order valence-corrected chi connectivity index (χ0v) is 11.4. The van der Waals surface area contributed by atoms with Crippen molar-refractivity contribution in [2.45, 2.75) is 51.2 Å². The van der Waals surface area contributed by atoms with E-state index in [-0.39, 0.29) is 4.90 Å². The summed E-state index contributed by atoms with van der Waals surface area (Å²) in [6, 6.07) is 2.00. The summed E-state index contributed by atoms with van der Waals surface area (Å²) in [7, 11) is -3.61. The Morgan fingerprint density at radius 3 is 2.59 bits per heavy atom. The molecule has 98 valence electrons. The van der Waals surface area contributed by atoms with Gasteiger partial charge < -0.3 is 9.88 Å². The molecule has 1 aromatic rings. The molecule has 3 N–H and O–H groups in total. The standard InChI is InChI=1S/C11H21N3O2S/c1-4-5-14-8-11(17(12,15)16)6-10(14)7-13-9(2)3/h6,8-9,13H,4-5,7H2,1-3H3,(H2,12,15,16). The fraction of sp³-hybridized carbons (Fsp3) is 0.636. The Bertz CT molecular complexity index is 463. The second kappa shape index (κ2) is 5.66. The van der Waals surface area contributed by atoms with Gasteiger partial charge in [-0.3, -0.25) is 0 Å². The number of primary sulfonamides is 1. The fourth-order valence-electron chi connectivity index (χ4n) is 1.59. The molecule has 0 aliphatic carbocycles. The maximum absolute atomic E-state index is 11.3. The van der Waals surface area contributed by atoms with Gasteiger partial charge in [0.15, 0.2) is 0 Å². The van der Waals surface area contributed by atoms with Crippen molar-refractivity contribution in [1.29, 1.82) is 0 Å². The lowest BCUT2D eigenvalue weighted by molar-refractivity contribution is 0.551. The molecule has 0 fully saturated rings. The molecule has 5 nitrogen and oxygen atoms in total. The van der Waals surface area contributed by atoms with Crippen LogP contribution in [0.3, 0.4) is 0 Å². The summed E-state index contributed by atoms with van der Waals surface area (Å²) in [5, 5.41) is 8.40. The molecule has 17 heavy (non-hydrogen) atoms. The molecule has 0 atom stereocenters. The van der Waals surface area contributed by atoms with Crippen molar-refractivity contribution < 1.29 is 8.42 Å². The number of nitrogens with one attached hydrogen (secondary N) is 1. The molecule has 0 aliphatic rings. The normalized spacial score (nSPS) is 12.3. The molecule has 0 aromatic carbocycles. The third kappa shape index (κ3) is 4.14. The molecular formula is C11H21N3O2S. The van der Waals surface area contributed by atoms with Crippen LogP contribution < -0.4 is 10.5 Å². The molecule has 0 amide bonds. The third-order valence-corrected chi connectivity index (χ3v) is 3.33. The van der Waals surface area contributed by atoms with Gasteiger partial charge in [0.1, 0.15) is 0 Å². The molecular weight excluding hydrogens is 238 g/mol. The first-order chi connectivity index (χ1) is 7.84. The van der Waals surface area contributed by atoms with E-state index >= 15 is 0 Å². The number of sulfonamides is 1. The van der Waals surface area contributed by atoms with Crippen LogP contribution in [-0.4, -0.2) is 19.0 Å². The summed E-state index contributed by atoms with van der Waals surface area (Å²) in [5.74, 6) is 0. The summed E-state index contributed by atoms with van der Waals surface area (Å²) in [6.45, 7) is 7.59. The minimum absolute atomic E-state index is 0.187. The summed E-state index contributed by atoms with van der Waals surface area (Å²) < 4.78 is 24.5. The lowest BCUT2D eigenvalue weighted by Gasteiger charge is -2.10. The van der Waals surface area contributed by atoms with E-state index in [1.165, 1.54) is 0 Å². The van der Waals surface area contributed by atoms with Crippen LogP contribution >= 0.6 is 0 Å². The van der Waals surface area contributed by atoms with E-state index in [2.05, 4.69) is 12.2 Å². The molecule has 0 saturated carbocycles. The molecule has 0 aliphatic heterocycles. The predicted molar refractivity (Wildman–Crippen MR) is 68.1 cm³/mol. The van der Waals surface area contributed by atoms with Crippen molar-refractivity contribution in [2.24, 2.45) is 5.14 Å². The number of nitrogens with two attached hydrogens (primary N) is 1. The Hall–Kier alpha value is -0.850. The van der Waals surface area contributed by atoms with Crippen molar-refractivity contribution in [2.75, 3.05) is 0 Å². The molecule has 0 saturated heterocycles. The van der Waals surface area contributed by atoms with E-state index in [0.29, 0.717) is 12.6 Å². The van der Waals surface area contributed by atoms with Gasteiger partial charge in [-0.25, -0.2) is 13.6 Å². The maximum atomic E-state index is 11.3. The molecule has 0 radical (unpaired) electrons. The highest BCUT2D eigenvalue weighted by Crippen LogP contribution is 2.13. The van der Waals surface area contributed by atoms with Crippen LogP contribution in [0, 0.1) is 0 Å². The smallest absolute Gasteiger partial charge is 0.239 e. The van der Waals surface area contributed by atoms with E-state index in [4.69, 9.17) is 5.14 Å². The quantitative estimate of drug-likeness (QED) is 0.801. The van der Waals surface area contributed by atoms with E-state index in [9.17, 15) is 8.42 Å². The van der Waals surface area contributed by atoms with E-state index in [0.717, 1.165) is 18.7 Å². The zero-order chi connectivity index (χ0) is 13.1. The van der Waals surface area contributed by atoms with Crippen molar-refractivity contribution in [1.82, 2.24) is 9.88 Å². The number of aromatic nitrogens is 1. The molecule has 1 aromatic heterocycles. The van der Waals surface area contributed by atoms with Crippen LogP contribution in [0.25, 0.3) is 0 Å². The summed E-state index contributed by atoms with van der Waals surface area (Å²) >= 11 is 0. The molecule has 0 unspecified atom stereocenters. The zero-order valence-electron chi connectivity index (χ0n) is 10.6. The first kappa shape index (κ1) is 14.2. The Kier molecular flexibility index (Phi) is 4.73.